The monoisotopic (exact) mass is 888 g/mol. The third-order valence-corrected chi connectivity index (χ3v) is 12.3. The molecular weight excluding hydrogens is 833 g/mol. The molecule has 0 aliphatic heterocycles. The Morgan fingerprint density at radius 2 is 0.797 bits per heavy atom. The highest BCUT2D eigenvalue weighted by Gasteiger charge is 2.17. The van der Waals surface area contributed by atoms with Crippen LogP contribution in [0, 0.1) is 0 Å². The summed E-state index contributed by atoms with van der Waals surface area (Å²) in [5.41, 5.74) is 17.9. The van der Waals surface area contributed by atoms with Crippen LogP contribution in [0.3, 0.4) is 0 Å². The lowest BCUT2D eigenvalue weighted by molar-refractivity contribution is 1.18. The average Bonchev–Trinajstić information content (AvgIpc) is 3.74. The van der Waals surface area contributed by atoms with Gasteiger partial charge in [0, 0.05) is 33.2 Å². The van der Waals surface area contributed by atoms with Gasteiger partial charge >= 0.3 is 0 Å². The molecule has 0 unspecified atom stereocenters. The van der Waals surface area contributed by atoms with Crippen molar-refractivity contribution in [1.29, 1.82) is 0 Å². The molecule has 0 saturated carbocycles. The van der Waals surface area contributed by atoms with Gasteiger partial charge < -0.3 is 9.47 Å². The van der Waals surface area contributed by atoms with E-state index in [9.17, 15) is 0 Å². The van der Waals surface area contributed by atoms with Crippen molar-refractivity contribution in [3.63, 3.8) is 0 Å². The van der Waals surface area contributed by atoms with Crippen LogP contribution < -0.4 is 4.90 Å². The highest BCUT2D eigenvalue weighted by molar-refractivity contribution is 6.10. The largest absolute Gasteiger partial charge is 0.310 e. The summed E-state index contributed by atoms with van der Waals surface area (Å²) < 4.78 is 2.36. The molecule has 0 amide bonds. The molecular formula is C67H56N2. The van der Waals surface area contributed by atoms with Gasteiger partial charge in [-0.3, -0.25) is 0 Å². The van der Waals surface area contributed by atoms with Gasteiger partial charge in [-0.15, -0.1) is 6.58 Å². The molecule has 0 radical (unpaired) electrons. The van der Waals surface area contributed by atoms with Gasteiger partial charge in [-0.05, 0) is 131 Å². The SMILES string of the molecule is C=CC.C=CC=C(C)C.c1ccc(-c2ccc(N(c3ccc(-c4ccc(-c5ccc(-c6ccc7c(c6)c6ccccc6n7-c6ccccc6)cc5)cc4)cc3)c3cccc4ccccc34)cc2)cc1. The first-order valence-corrected chi connectivity index (χ1v) is 23.6. The van der Waals surface area contributed by atoms with Gasteiger partial charge in [-0.2, -0.15) is 0 Å². The van der Waals surface area contributed by atoms with Crippen LogP contribution in [0.25, 0.3) is 82.8 Å². The van der Waals surface area contributed by atoms with Crippen molar-refractivity contribution in [3.8, 4) is 50.2 Å². The van der Waals surface area contributed by atoms with Crippen LogP contribution in [0.2, 0.25) is 0 Å². The van der Waals surface area contributed by atoms with E-state index >= 15 is 0 Å². The number of anilines is 3. The summed E-state index contributed by atoms with van der Waals surface area (Å²) in [7, 11) is 0. The van der Waals surface area contributed by atoms with E-state index in [-0.39, 0.29) is 0 Å². The Morgan fingerprint density at radius 1 is 0.391 bits per heavy atom. The zero-order chi connectivity index (χ0) is 47.5. The van der Waals surface area contributed by atoms with E-state index in [4.69, 9.17) is 0 Å². The van der Waals surface area contributed by atoms with E-state index in [2.05, 4.69) is 265 Å². The molecule has 69 heavy (non-hydrogen) atoms. The number of fused-ring (bicyclic) bond motifs is 4. The predicted octanol–water partition coefficient (Wildman–Crippen LogP) is 19.4. The summed E-state index contributed by atoms with van der Waals surface area (Å²) in [5, 5.41) is 4.96. The van der Waals surface area contributed by atoms with Crippen LogP contribution in [0.15, 0.2) is 280 Å². The molecule has 1 aromatic heterocycles. The van der Waals surface area contributed by atoms with Crippen LogP contribution in [0.5, 0.6) is 0 Å². The highest BCUT2D eigenvalue weighted by Crippen LogP contribution is 2.41. The summed E-state index contributed by atoms with van der Waals surface area (Å²) in [6, 6.07) is 87.7. The fourth-order valence-electron chi connectivity index (χ4n) is 9.02. The molecule has 2 heteroatoms. The molecule has 0 saturated heterocycles. The molecule has 0 aliphatic carbocycles. The van der Waals surface area contributed by atoms with Gasteiger partial charge in [0.2, 0.25) is 0 Å². The highest BCUT2D eigenvalue weighted by atomic mass is 15.1. The standard InChI is InChI=1S/C58H40N2.C6H10.C3H6/c1-3-12-41(13-4-1)45-30-35-51(36-31-45)59(56-21-11-15-48-14-7-8-18-53(48)56)52-37-32-46(33-38-52)44-24-22-42(23-25-44)43-26-28-47(29-27-43)49-34-39-58-55(40-49)54-19-9-10-20-57(54)60(58)50-16-5-2-6-17-50;1-4-5-6(2)3;1-3-2/h1-40H;4-5H,1H2,2-3H3;3H,1H2,2H3. The maximum Gasteiger partial charge on any atom is 0.0541 e. The van der Waals surface area contributed by atoms with E-state index < -0.39 is 0 Å². The van der Waals surface area contributed by atoms with Gasteiger partial charge in [-0.25, -0.2) is 0 Å². The molecule has 0 bridgehead atoms. The topological polar surface area (TPSA) is 8.17 Å². The number of benzene rings is 10. The Balaban J connectivity index is 0.000000607. The Labute approximate surface area is 407 Å². The third kappa shape index (κ3) is 10.0. The lowest BCUT2D eigenvalue weighted by Crippen LogP contribution is -2.10. The first-order chi connectivity index (χ1) is 33.9. The van der Waals surface area contributed by atoms with Crippen LogP contribution in [-0.2, 0) is 0 Å². The van der Waals surface area contributed by atoms with Gasteiger partial charge in [0.05, 0.1) is 16.7 Å². The van der Waals surface area contributed by atoms with Crippen molar-refractivity contribution >= 4 is 49.6 Å². The maximum atomic E-state index is 3.52. The maximum absolute atomic E-state index is 3.52. The quantitative estimate of drug-likeness (QED) is 0.104. The molecule has 10 aromatic carbocycles. The van der Waals surface area contributed by atoms with Crippen molar-refractivity contribution in [2.75, 3.05) is 4.90 Å². The van der Waals surface area contributed by atoms with Crippen LogP contribution >= 0.6 is 0 Å². The summed E-state index contributed by atoms with van der Waals surface area (Å²) in [5.74, 6) is 0. The Morgan fingerprint density at radius 3 is 1.32 bits per heavy atom. The summed E-state index contributed by atoms with van der Waals surface area (Å²) in [6.07, 6.45) is 5.51. The molecule has 334 valence electrons. The Kier molecular flexibility index (Phi) is 14.0. The molecule has 0 fully saturated rings. The van der Waals surface area contributed by atoms with E-state index in [0.29, 0.717) is 0 Å². The van der Waals surface area contributed by atoms with Crippen molar-refractivity contribution in [2.24, 2.45) is 0 Å². The number of rotatable bonds is 9. The Bertz CT molecular complexity index is 3500. The van der Waals surface area contributed by atoms with Gasteiger partial charge in [0.15, 0.2) is 0 Å². The van der Waals surface area contributed by atoms with Gasteiger partial charge in [-0.1, -0.05) is 212 Å². The molecule has 0 spiro atoms. The number of hydrogen-bond acceptors (Lipinski definition) is 1. The lowest BCUT2D eigenvalue weighted by atomic mass is 9.97. The fraction of sp³-hybridized carbons (Fsp3) is 0.0448. The lowest BCUT2D eigenvalue weighted by Gasteiger charge is -2.27. The van der Waals surface area contributed by atoms with Crippen molar-refractivity contribution in [2.45, 2.75) is 20.8 Å². The fourth-order valence-corrected chi connectivity index (χ4v) is 9.02. The number of allylic oxidation sites excluding steroid dienone is 4. The van der Waals surface area contributed by atoms with Crippen LogP contribution in [-0.4, -0.2) is 4.57 Å². The minimum atomic E-state index is 1.11. The smallest absolute Gasteiger partial charge is 0.0541 e. The second-order valence-corrected chi connectivity index (χ2v) is 17.3. The average molecular weight is 889 g/mol. The molecule has 0 N–H and O–H groups in total. The summed E-state index contributed by atoms with van der Waals surface area (Å²) in [4.78, 5) is 2.37. The number of hydrogen-bond donors (Lipinski definition) is 0. The van der Waals surface area contributed by atoms with Crippen molar-refractivity contribution in [3.05, 3.63) is 280 Å². The minimum Gasteiger partial charge on any atom is -0.310 e. The summed E-state index contributed by atoms with van der Waals surface area (Å²) >= 11 is 0. The van der Waals surface area contributed by atoms with E-state index in [0.717, 1.165) is 17.1 Å². The Hall–Kier alpha value is -8.72. The number of aromatic nitrogens is 1. The second kappa shape index (κ2) is 21.3. The zero-order valence-electron chi connectivity index (χ0n) is 39.6. The molecule has 0 atom stereocenters. The number of para-hydroxylation sites is 2. The van der Waals surface area contributed by atoms with Crippen LogP contribution in [0.4, 0.5) is 17.1 Å². The third-order valence-electron chi connectivity index (χ3n) is 12.3. The molecule has 11 aromatic rings. The first-order valence-electron chi connectivity index (χ1n) is 23.6. The molecule has 2 nitrogen and oxygen atoms in total. The number of nitrogens with zero attached hydrogens (tertiary/aromatic N) is 2. The van der Waals surface area contributed by atoms with Gasteiger partial charge in [0.1, 0.15) is 0 Å². The van der Waals surface area contributed by atoms with E-state index in [1.165, 1.54) is 88.3 Å². The van der Waals surface area contributed by atoms with E-state index in [1.54, 1.807) is 12.2 Å². The molecule has 1 heterocycles. The normalized spacial score (nSPS) is 10.7. The van der Waals surface area contributed by atoms with Crippen LogP contribution in [0.1, 0.15) is 20.8 Å². The van der Waals surface area contributed by atoms with Crippen molar-refractivity contribution < 1.29 is 0 Å². The van der Waals surface area contributed by atoms with Crippen molar-refractivity contribution in [1.82, 2.24) is 4.57 Å². The van der Waals surface area contributed by atoms with Gasteiger partial charge in [0.25, 0.3) is 0 Å². The predicted molar refractivity (Wildman–Crippen MR) is 300 cm³/mol. The molecule has 0 aliphatic rings. The minimum absolute atomic E-state index is 1.11. The van der Waals surface area contributed by atoms with E-state index in [1.807, 2.05) is 26.8 Å². The summed E-state index contributed by atoms with van der Waals surface area (Å²) in [6.45, 7) is 12.9. The zero-order valence-corrected chi connectivity index (χ0v) is 39.6. The molecule has 11 rings (SSSR count). The second-order valence-electron chi connectivity index (χ2n) is 17.3. The first kappa shape index (κ1) is 45.4.